The van der Waals surface area contributed by atoms with Gasteiger partial charge in [0.25, 0.3) is 5.91 Å². The SMILES string of the molecule is COc1ccc(N2CCOCC2)cc1NC(=S)C(=O)Nc1ccc(F)cc1. The number of halogens is 1. The number of rotatable bonds is 4. The molecule has 1 aliphatic heterocycles. The molecule has 0 aromatic heterocycles. The fourth-order valence-corrected chi connectivity index (χ4v) is 2.87. The fourth-order valence-electron chi connectivity index (χ4n) is 2.71. The minimum atomic E-state index is -0.490. The number of nitrogens with zero attached hydrogens (tertiary/aromatic N) is 1. The number of anilines is 3. The van der Waals surface area contributed by atoms with E-state index in [0.29, 0.717) is 30.3 Å². The van der Waals surface area contributed by atoms with Crippen LogP contribution in [0.2, 0.25) is 0 Å². The molecule has 27 heavy (non-hydrogen) atoms. The highest BCUT2D eigenvalue weighted by Crippen LogP contribution is 2.30. The van der Waals surface area contributed by atoms with E-state index in [-0.39, 0.29) is 10.8 Å². The monoisotopic (exact) mass is 389 g/mol. The molecule has 0 atom stereocenters. The topological polar surface area (TPSA) is 62.8 Å². The fraction of sp³-hybridized carbons (Fsp3) is 0.263. The van der Waals surface area contributed by atoms with Crippen molar-refractivity contribution < 1.29 is 18.7 Å². The summed E-state index contributed by atoms with van der Waals surface area (Å²) in [6, 6.07) is 11.1. The molecule has 1 aliphatic rings. The summed E-state index contributed by atoms with van der Waals surface area (Å²) in [4.78, 5) is 14.5. The zero-order chi connectivity index (χ0) is 19.2. The van der Waals surface area contributed by atoms with Crippen molar-refractivity contribution in [3.8, 4) is 5.75 Å². The summed E-state index contributed by atoms with van der Waals surface area (Å²) in [5.41, 5.74) is 2.05. The molecule has 0 radical (unpaired) electrons. The lowest BCUT2D eigenvalue weighted by Crippen LogP contribution is -2.36. The minimum absolute atomic E-state index is 0.0169. The van der Waals surface area contributed by atoms with E-state index in [1.54, 1.807) is 7.11 Å². The van der Waals surface area contributed by atoms with Gasteiger partial charge in [0, 0.05) is 24.5 Å². The van der Waals surface area contributed by atoms with Crippen LogP contribution in [0.4, 0.5) is 21.5 Å². The Bertz CT molecular complexity index is 823. The number of amides is 1. The summed E-state index contributed by atoms with van der Waals surface area (Å²) < 4.78 is 23.7. The highest BCUT2D eigenvalue weighted by Gasteiger charge is 2.16. The van der Waals surface area contributed by atoms with Crippen molar-refractivity contribution in [2.24, 2.45) is 0 Å². The number of thiocarbonyl (C=S) groups is 1. The van der Waals surface area contributed by atoms with Gasteiger partial charge in [-0.3, -0.25) is 4.79 Å². The van der Waals surface area contributed by atoms with Gasteiger partial charge >= 0.3 is 0 Å². The Balaban J connectivity index is 1.71. The highest BCUT2D eigenvalue weighted by molar-refractivity contribution is 7.82. The van der Waals surface area contributed by atoms with E-state index in [1.807, 2.05) is 18.2 Å². The van der Waals surface area contributed by atoms with Crippen LogP contribution in [0.3, 0.4) is 0 Å². The van der Waals surface area contributed by atoms with Gasteiger partial charge < -0.3 is 25.0 Å². The van der Waals surface area contributed by atoms with Crippen LogP contribution < -0.4 is 20.3 Å². The number of methoxy groups -OCH3 is 1. The van der Waals surface area contributed by atoms with E-state index in [0.717, 1.165) is 18.8 Å². The van der Waals surface area contributed by atoms with Gasteiger partial charge in [-0.05, 0) is 42.5 Å². The first kappa shape index (κ1) is 19.1. The number of hydrogen-bond acceptors (Lipinski definition) is 5. The summed E-state index contributed by atoms with van der Waals surface area (Å²) in [5, 5.41) is 5.56. The second-order valence-electron chi connectivity index (χ2n) is 5.90. The van der Waals surface area contributed by atoms with Gasteiger partial charge in [0.15, 0.2) is 4.99 Å². The predicted molar refractivity (Wildman–Crippen MR) is 107 cm³/mol. The highest BCUT2D eigenvalue weighted by atomic mass is 32.1. The lowest BCUT2D eigenvalue weighted by molar-refractivity contribution is -0.110. The molecule has 2 N–H and O–H groups in total. The zero-order valence-electron chi connectivity index (χ0n) is 14.8. The molecule has 1 heterocycles. The summed E-state index contributed by atoms with van der Waals surface area (Å²) in [6.45, 7) is 2.93. The standard InChI is InChI=1S/C19H20FN3O3S/c1-25-17-7-6-15(23-8-10-26-11-9-23)12-16(17)22-19(27)18(24)21-14-4-2-13(20)3-5-14/h2-7,12H,8-11H2,1H3,(H,21,24)(H,22,27). The van der Waals surface area contributed by atoms with Crippen LogP contribution in [0, 0.1) is 5.82 Å². The molecule has 0 aliphatic carbocycles. The zero-order valence-corrected chi connectivity index (χ0v) is 15.6. The Morgan fingerprint density at radius 2 is 1.85 bits per heavy atom. The maximum absolute atomic E-state index is 13.0. The van der Waals surface area contributed by atoms with Crippen LogP contribution in [-0.2, 0) is 9.53 Å². The Labute approximate surface area is 162 Å². The third-order valence-corrected chi connectivity index (χ3v) is 4.40. The number of benzene rings is 2. The quantitative estimate of drug-likeness (QED) is 0.784. The molecule has 6 nitrogen and oxygen atoms in total. The van der Waals surface area contributed by atoms with E-state index in [2.05, 4.69) is 15.5 Å². The molecule has 8 heteroatoms. The van der Waals surface area contributed by atoms with Crippen molar-refractivity contribution in [3.63, 3.8) is 0 Å². The third kappa shape index (κ3) is 4.93. The number of morpholine rings is 1. The molecule has 2 aromatic carbocycles. The van der Waals surface area contributed by atoms with E-state index in [9.17, 15) is 9.18 Å². The van der Waals surface area contributed by atoms with Crippen molar-refractivity contribution >= 4 is 40.2 Å². The van der Waals surface area contributed by atoms with Gasteiger partial charge in [-0.15, -0.1) is 0 Å². The van der Waals surface area contributed by atoms with Crippen molar-refractivity contribution in [3.05, 3.63) is 48.3 Å². The first-order valence-electron chi connectivity index (χ1n) is 8.45. The first-order chi connectivity index (χ1) is 13.1. The second-order valence-corrected chi connectivity index (χ2v) is 6.31. The molecular formula is C19H20FN3O3S. The van der Waals surface area contributed by atoms with Crippen LogP contribution in [0.15, 0.2) is 42.5 Å². The molecule has 1 saturated heterocycles. The molecule has 142 valence electrons. The van der Waals surface area contributed by atoms with Crippen molar-refractivity contribution in [2.75, 3.05) is 48.9 Å². The summed E-state index contributed by atoms with van der Waals surface area (Å²) in [6.07, 6.45) is 0. The van der Waals surface area contributed by atoms with E-state index >= 15 is 0 Å². The van der Waals surface area contributed by atoms with E-state index < -0.39 is 5.91 Å². The second kappa shape index (κ2) is 8.79. The largest absolute Gasteiger partial charge is 0.495 e. The van der Waals surface area contributed by atoms with Crippen LogP contribution in [0.5, 0.6) is 5.75 Å². The maximum atomic E-state index is 13.0. The van der Waals surface area contributed by atoms with Gasteiger partial charge in [-0.1, -0.05) is 12.2 Å². The molecule has 0 unspecified atom stereocenters. The van der Waals surface area contributed by atoms with Crippen molar-refractivity contribution in [1.82, 2.24) is 0 Å². The smallest absolute Gasteiger partial charge is 0.283 e. The maximum Gasteiger partial charge on any atom is 0.283 e. The van der Waals surface area contributed by atoms with Crippen LogP contribution in [-0.4, -0.2) is 44.3 Å². The lowest BCUT2D eigenvalue weighted by atomic mass is 10.2. The van der Waals surface area contributed by atoms with E-state index in [4.69, 9.17) is 21.7 Å². The van der Waals surface area contributed by atoms with Crippen molar-refractivity contribution in [2.45, 2.75) is 0 Å². The molecule has 2 aromatic rings. The number of ether oxygens (including phenoxy) is 2. The minimum Gasteiger partial charge on any atom is -0.495 e. The molecule has 0 spiro atoms. The van der Waals surface area contributed by atoms with Crippen LogP contribution >= 0.6 is 12.2 Å². The Hall–Kier alpha value is -2.71. The van der Waals surface area contributed by atoms with Gasteiger partial charge in [0.2, 0.25) is 0 Å². The number of carbonyl (C=O) groups excluding carboxylic acids is 1. The van der Waals surface area contributed by atoms with Crippen molar-refractivity contribution in [1.29, 1.82) is 0 Å². The van der Waals surface area contributed by atoms with Crippen LogP contribution in [0.1, 0.15) is 0 Å². The Morgan fingerprint density at radius 3 is 2.52 bits per heavy atom. The molecular weight excluding hydrogens is 369 g/mol. The molecule has 1 fully saturated rings. The van der Waals surface area contributed by atoms with Crippen LogP contribution in [0.25, 0.3) is 0 Å². The van der Waals surface area contributed by atoms with Gasteiger partial charge in [0.05, 0.1) is 26.0 Å². The summed E-state index contributed by atoms with van der Waals surface area (Å²) in [7, 11) is 1.55. The normalized spacial score (nSPS) is 13.8. The number of hydrogen-bond donors (Lipinski definition) is 2. The van der Waals surface area contributed by atoms with Gasteiger partial charge in [-0.25, -0.2) is 4.39 Å². The Kier molecular flexibility index (Phi) is 6.20. The van der Waals surface area contributed by atoms with E-state index in [1.165, 1.54) is 24.3 Å². The summed E-state index contributed by atoms with van der Waals surface area (Å²) in [5.74, 6) is -0.294. The average molecular weight is 389 g/mol. The first-order valence-corrected chi connectivity index (χ1v) is 8.86. The molecule has 0 saturated carbocycles. The predicted octanol–water partition coefficient (Wildman–Crippen LogP) is 3.05. The number of carbonyl (C=O) groups is 1. The molecule has 3 rings (SSSR count). The van der Waals surface area contributed by atoms with Gasteiger partial charge in [-0.2, -0.15) is 0 Å². The Morgan fingerprint density at radius 1 is 1.15 bits per heavy atom. The number of nitrogens with one attached hydrogen (secondary N) is 2. The molecule has 0 bridgehead atoms. The average Bonchev–Trinajstić information content (AvgIpc) is 2.70. The summed E-state index contributed by atoms with van der Waals surface area (Å²) >= 11 is 5.20. The molecule has 1 amide bonds. The third-order valence-electron chi connectivity index (χ3n) is 4.12. The van der Waals surface area contributed by atoms with Gasteiger partial charge in [0.1, 0.15) is 11.6 Å². The lowest BCUT2D eigenvalue weighted by Gasteiger charge is -2.29.